The van der Waals surface area contributed by atoms with Gasteiger partial charge in [0, 0.05) is 5.92 Å². The molecule has 1 atom stereocenters. The molecule has 1 fully saturated rings. The zero-order chi connectivity index (χ0) is 18.5. The first-order valence-corrected chi connectivity index (χ1v) is 8.92. The Morgan fingerprint density at radius 1 is 1.23 bits per heavy atom. The van der Waals surface area contributed by atoms with Crippen molar-refractivity contribution in [2.45, 2.75) is 50.7 Å². The van der Waals surface area contributed by atoms with Crippen molar-refractivity contribution in [1.82, 2.24) is 4.90 Å². The lowest BCUT2D eigenvalue weighted by molar-refractivity contribution is -0.182. The largest absolute Gasteiger partial charge is 0.444 e. The van der Waals surface area contributed by atoms with Gasteiger partial charge in [-0.05, 0) is 46.3 Å². The van der Waals surface area contributed by atoms with Crippen molar-refractivity contribution in [2.75, 3.05) is 20.6 Å². The topological polar surface area (TPSA) is 49.8 Å². The fourth-order valence-corrected chi connectivity index (χ4v) is 3.30. The minimum atomic E-state index is -1.61. The Morgan fingerprint density at radius 3 is 2.35 bits per heavy atom. The molecule has 2 rings (SSSR count). The van der Waals surface area contributed by atoms with Gasteiger partial charge < -0.3 is 9.84 Å². The van der Waals surface area contributed by atoms with Crippen LogP contribution in [0.2, 0.25) is 0 Å². The molecule has 0 amide bonds. The van der Waals surface area contributed by atoms with Crippen molar-refractivity contribution in [3.05, 3.63) is 35.9 Å². The van der Waals surface area contributed by atoms with Gasteiger partial charge in [0.25, 0.3) is 0 Å². The number of rotatable bonds is 5. The fraction of sp³-hybridized carbons (Fsp3) is 0.571. The van der Waals surface area contributed by atoms with Crippen LogP contribution in [0.1, 0.15) is 45.1 Å². The summed E-state index contributed by atoms with van der Waals surface area (Å²) in [5.41, 5.74) is -1.96. The minimum absolute atomic E-state index is 0. The molecule has 0 saturated heterocycles. The molecule has 1 aromatic rings. The van der Waals surface area contributed by atoms with Crippen molar-refractivity contribution in [3.8, 4) is 11.8 Å². The van der Waals surface area contributed by atoms with Gasteiger partial charge in [0.2, 0.25) is 0 Å². The maximum atomic E-state index is 13.0. The van der Waals surface area contributed by atoms with Crippen LogP contribution in [-0.4, -0.2) is 42.2 Å². The normalized spacial score (nSPS) is 17.0. The second-order valence-electron chi connectivity index (χ2n) is 7.55. The second-order valence-corrected chi connectivity index (χ2v) is 7.55. The monoisotopic (exact) mass is 379 g/mol. The van der Waals surface area contributed by atoms with Crippen LogP contribution in [0.25, 0.3) is 0 Å². The van der Waals surface area contributed by atoms with Gasteiger partial charge >= 0.3 is 5.97 Å². The van der Waals surface area contributed by atoms with E-state index in [2.05, 4.69) is 11.8 Å². The summed E-state index contributed by atoms with van der Waals surface area (Å²) in [6, 6.07) is 9.14. The molecule has 4 nitrogen and oxygen atoms in total. The molecular weight excluding hydrogens is 350 g/mol. The Kier molecular flexibility index (Phi) is 8.15. The van der Waals surface area contributed by atoms with Crippen LogP contribution in [0.3, 0.4) is 0 Å². The van der Waals surface area contributed by atoms with Gasteiger partial charge in [-0.2, -0.15) is 0 Å². The third-order valence-electron chi connectivity index (χ3n) is 4.60. The molecule has 144 valence electrons. The van der Waals surface area contributed by atoms with Crippen molar-refractivity contribution < 1.29 is 14.6 Å². The predicted molar refractivity (Wildman–Crippen MR) is 106 cm³/mol. The summed E-state index contributed by atoms with van der Waals surface area (Å²) in [6.45, 7) is 4.10. The van der Waals surface area contributed by atoms with Crippen LogP contribution in [0.4, 0.5) is 0 Å². The van der Waals surface area contributed by atoms with E-state index in [0.29, 0.717) is 12.1 Å². The zero-order valence-corrected chi connectivity index (χ0v) is 16.9. The lowest BCUT2D eigenvalue weighted by Crippen LogP contribution is -2.46. The Morgan fingerprint density at radius 2 is 1.81 bits per heavy atom. The van der Waals surface area contributed by atoms with Crippen molar-refractivity contribution in [2.24, 2.45) is 5.92 Å². The Labute approximate surface area is 163 Å². The molecule has 1 aliphatic carbocycles. The quantitative estimate of drug-likeness (QED) is 0.629. The highest BCUT2D eigenvalue weighted by atomic mass is 35.5. The zero-order valence-electron chi connectivity index (χ0n) is 16.1. The average Bonchev–Trinajstić information content (AvgIpc) is 3.08. The standard InChI is InChI=1S/C21H29NO3.ClH/c1-20(2,15-10-16-22(3)4)25-19(23)21(24,18-13-8-9-14-18)17-11-6-5-7-12-17;/h5-7,11-12,18,24H,8-9,13-14,16H2,1-4H3;1H. The first-order valence-electron chi connectivity index (χ1n) is 8.92. The summed E-state index contributed by atoms with van der Waals surface area (Å²) < 4.78 is 5.67. The van der Waals surface area contributed by atoms with Gasteiger partial charge in [0.1, 0.15) is 0 Å². The fourth-order valence-electron chi connectivity index (χ4n) is 3.30. The number of ether oxygens (including phenoxy) is 1. The van der Waals surface area contributed by atoms with Gasteiger partial charge in [-0.15, -0.1) is 12.4 Å². The summed E-state index contributed by atoms with van der Waals surface area (Å²) in [5.74, 6) is 5.28. The van der Waals surface area contributed by atoms with E-state index in [1.54, 1.807) is 26.0 Å². The van der Waals surface area contributed by atoms with Crippen LogP contribution in [0.5, 0.6) is 0 Å². The Hall–Kier alpha value is -1.54. The highest BCUT2D eigenvalue weighted by Gasteiger charge is 2.49. The number of hydrogen-bond donors (Lipinski definition) is 1. The predicted octanol–water partition coefficient (Wildman–Crippen LogP) is 3.37. The van der Waals surface area contributed by atoms with Gasteiger partial charge in [0.05, 0.1) is 6.54 Å². The molecule has 1 N–H and O–H groups in total. The van der Waals surface area contributed by atoms with E-state index in [4.69, 9.17) is 4.74 Å². The molecular formula is C21H30ClNO3. The van der Waals surface area contributed by atoms with E-state index in [1.165, 1.54) is 0 Å². The van der Waals surface area contributed by atoms with Crippen LogP contribution in [0, 0.1) is 17.8 Å². The summed E-state index contributed by atoms with van der Waals surface area (Å²) in [5, 5.41) is 11.4. The van der Waals surface area contributed by atoms with Crippen molar-refractivity contribution >= 4 is 18.4 Å². The second kappa shape index (κ2) is 9.41. The molecule has 0 bridgehead atoms. The van der Waals surface area contributed by atoms with Crippen LogP contribution < -0.4 is 0 Å². The molecule has 1 saturated carbocycles. The molecule has 0 aromatic heterocycles. The number of carbonyl (C=O) groups excluding carboxylic acids is 1. The molecule has 0 aliphatic heterocycles. The maximum Gasteiger partial charge on any atom is 0.344 e. The highest BCUT2D eigenvalue weighted by molar-refractivity contribution is 5.85. The van der Waals surface area contributed by atoms with Crippen molar-refractivity contribution in [3.63, 3.8) is 0 Å². The summed E-state index contributed by atoms with van der Waals surface area (Å²) in [4.78, 5) is 15.0. The van der Waals surface area contributed by atoms with Crippen LogP contribution >= 0.6 is 12.4 Å². The third-order valence-corrected chi connectivity index (χ3v) is 4.60. The molecule has 1 aliphatic rings. The minimum Gasteiger partial charge on any atom is -0.444 e. The van der Waals surface area contributed by atoms with Gasteiger partial charge in [-0.1, -0.05) is 55.0 Å². The van der Waals surface area contributed by atoms with E-state index in [-0.39, 0.29) is 18.3 Å². The lowest BCUT2D eigenvalue weighted by atomic mass is 9.80. The molecule has 26 heavy (non-hydrogen) atoms. The first-order chi connectivity index (χ1) is 11.8. The number of carbonyl (C=O) groups is 1. The van der Waals surface area contributed by atoms with Crippen LogP contribution in [-0.2, 0) is 15.1 Å². The Balaban J connectivity index is 0.00000338. The number of nitrogens with zero attached hydrogens (tertiary/aromatic N) is 1. The molecule has 0 spiro atoms. The SMILES string of the molecule is CN(C)CC#CC(C)(C)OC(=O)C(O)(c1ccccc1)C1CCCC1.Cl. The van der Waals surface area contributed by atoms with E-state index >= 15 is 0 Å². The van der Waals surface area contributed by atoms with E-state index in [1.807, 2.05) is 37.2 Å². The third kappa shape index (κ3) is 5.48. The lowest BCUT2D eigenvalue weighted by Gasteiger charge is -2.34. The smallest absolute Gasteiger partial charge is 0.344 e. The molecule has 5 heteroatoms. The molecule has 0 radical (unpaired) electrons. The van der Waals surface area contributed by atoms with Gasteiger partial charge in [-0.25, -0.2) is 4.79 Å². The van der Waals surface area contributed by atoms with E-state index < -0.39 is 17.2 Å². The highest BCUT2D eigenvalue weighted by Crippen LogP contribution is 2.42. The number of hydrogen-bond acceptors (Lipinski definition) is 4. The molecule has 1 unspecified atom stereocenters. The summed E-state index contributed by atoms with van der Waals surface area (Å²) in [7, 11) is 3.86. The van der Waals surface area contributed by atoms with E-state index in [9.17, 15) is 9.90 Å². The van der Waals surface area contributed by atoms with Crippen molar-refractivity contribution in [1.29, 1.82) is 0 Å². The number of aliphatic hydroxyl groups is 1. The molecule has 1 aromatic carbocycles. The molecule has 0 heterocycles. The average molecular weight is 380 g/mol. The van der Waals surface area contributed by atoms with Gasteiger partial charge in [-0.3, -0.25) is 4.90 Å². The number of benzene rings is 1. The number of halogens is 1. The number of esters is 1. The summed E-state index contributed by atoms with van der Waals surface area (Å²) in [6.07, 6.45) is 3.71. The maximum absolute atomic E-state index is 13.0. The van der Waals surface area contributed by atoms with Crippen LogP contribution in [0.15, 0.2) is 30.3 Å². The van der Waals surface area contributed by atoms with Gasteiger partial charge in [0.15, 0.2) is 11.2 Å². The first kappa shape index (κ1) is 22.5. The summed E-state index contributed by atoms with van der Waals surface area (Å²) >= 11 is 0. The van der Waals surface area contributed by atoms with E-state index in [0.717, 1.165) is 25.7 Å². The Bertz CT molecular complexity index is 642.